The average molecular weight is 494 g/mol. The van der Waals surface area contributed by atoms with Gasteiger partial charge < -0.3 is 10.1 Å². The zero-order valence-corrected chi connectivity index (χ0v) is 20.4. The number of rotatable bonds is 9. The van der Waals surface area contributed by atoms with Gasteiger partial charge in [-0.25, -0.2) is 0 Å². The Kier molecular flexibility index (Phi) is 8.77. The van der Waals surface area contributed by atoms with Crippen molar-refractivity contribution in [1.29, 1.82) is 0 Å². The van der Waals surface area contributed by atoms with Gasteiger partial charge in [0.25, 0.3) is 0 Å². The highest BCUT2D eigenvalue weighted by Gasteiger charge is 2.22. The van der Waals surface area contributed by atoms with E-state index in [4.69, 9.17) is 0 Å². The molecule has 10 heteroatoms. The molecule has 0 atom stereocenters. The van der Waals surface area contributed by atoms with E-state index in [1.54, 1.807) is 12.1 Å². The number of hydrogen-bond donors (Lipinski definition) is 1. The molecule has 2 heterocycles. The highest BCUT2D eigenvalue weighted by Crippen LogP contribution is 2.27. The molecule has 0 unspecified atom stereocenters. The molecular formula is C24H33F2N5O2S. The van der Waals surface area contributed by atoms with Gasteiger partial charge in [-0.05, 0) is 81.8 Å². The summed E-state index contributed by atoms with van der Waals surface area (Å²) in [6, 6.07) is 6.70. The minimum atomic E-state index is -2.87. The molecule has 7 nitrogen and oxygen atoms in total. The topological polar surface area (TPSA) is 72.3 Å². The van der Waals surface area contributed by atoms with Crippen LogP contribution in [0.15, 0.2) is 29.4 Å². The molecule has 0 spiro atoms. The first kappa shape index (κ1) is 24.9. The van der Waals surface area contributed by atoms with Crippen molar-refractivity contribution in [3.05, 3.63) is 30.1 Å². The molecule has 1 aliphatic heterocycles. The number of carbonyl (C=O) groups is 1. The molecule has 0 radical (unpaired) electrons. The Morgan fingerprint density at radius 2 is 1.82 bits per heavy atom. The number of benzene rings is 1. The Balaban J connectivity index is 1.46. The second-order valence-corrected chi connectivity index (χ2v) is 10.2. The first-order valence-electron chi connectivity index (χ1n) is 12.1. The highest BCUT2D eigenvalue weighted by molar-refractivity contribution is 7.99. The van der Waals surface area contributed by atoms with E-state index < -0.39 is 6.61 Å². The van der Waals surface area contributed by atoms with E-state index in [1.807, 2.05) is 4.57 Å². The molecule has 1 amide bonds. The number of nitrogens with one attached hydrogen (secondary N) is 1. The zero-order chi connectivity index (χ0) is 23.9. The molecule has 1 saturated carbocycles. The number of alkyl halides is 2. The second-order valence-electron chi connectivity index (χ2n) is 9.26. The lowest BCUT2D eigenvalue weighted by atomic mass is 9.87. The fourth-order valence-corrected chi connectivity index (χ4v) is 5.44. The lowest BCUT2D eigenvalue weighted by Crippen LogP contribution is -2.38. The number of carbonyl (C=O) groups excluding carboxylic acids is 1. The van der Waals surface area contributed by atoms with Crippen LogP contribution in [0.4, 0.5) is 8.78 Å². The lowest BCUT2D eigenvalue weighted by Gasteiger charge is -2.27. The standard InChI is InChI=1S/C24H33F2N5O2S/c1-17-5-7-18(8-6-17)27-22(32)16-34-24-29-28-21(15-30-13-3-2-4-14-30)31(24)19-9-11-20(12-10-19)33-23(25)26/h9-12,17-18,23H,2-8,13-16H2,1H3,(H,27,32). The van der Waals surface area contributed by atoms with E-state index in [1.165, 1.54) is 30.3 Å². The van der Waals surface area contributed by atoms with Crippen molar-refractivity contribution in [2.24, 2.45) is 5.92 Å². The number of thioether (sulfide) groups is 1. The predicted molar refractivity (Wildman–Crippen MR) is 127 cm³/mol. The van der Waals surface area contributed by atoms with Crippen LogP contribution in [0.2, 0.25) is 0 Å². The van der Waals surface area contributed by atoms with Crippen LogP contribution in [0.3, 0.4) is 0 Å². The maximum atomic E-state index is 12.6. The number of hydrogen-bond acceptors (Lipinski definition) is 6. The van der Waals surface area contributed by atoms with Crippen molar-refractivity contribution in [1.82, 2.24) is 25.0 Å². The van der Waals surface area contributed by atoms with Gasteiger partial charge in [0.05, 0.1) is 12.3 Å². The lowest BCUT2D eigenvalue weighted by molar-refractivity contribution is -0.119. The SMILES string of the molecule is CC1CCC(NC(=O)CSc2nnc(CN3CCCCC3)n2-c2ccc(OC(F)F)cc2)CC1. The summed E-state index contributed by atoms with van der Waals surface area (Å²) in [5.74, 6) is 1.85. The summed E-state index contributed by atoms with van der Waals surface area (Å²) in [6.07, 6.45) is 7.92. The molecule has 0 bridgehead atoms. The molecule has 1 saturated heterocycles. The van der Waals surface area contributed by atoms with Crippen molar-refractivity contribution in [3.8, 4) is 11.4 Å². The summed E-state index contributed by atoms with van der Waals surface area (Å²) in [4.78, 5) is 15.0. The summed E-state index contributed by atoms with van der Waals surface area (Å²) >= 11 is 1.34. The number of likely N-dealkylation sites (tertiary alicyclic amines) is 1. The molecule has 1 aromatic heterocycles. The Hall–Kier alpha value is -2.20. The molecule has 1 N–H and O–H groups in total. The number of amides is 1. The Bertz CT molecular complexity index is 926. The first-order chi connectivity index (χ1) is 16.5. The summed E-state index contributed by atoms with van der Waals surface area (Å²) in [5.41, 5.74) is 0.753. The predicted octanol–water partition coefficient (Wildman–Crippen LogP) is 4.64. The van der Waals surface area contributed by atoms with E-state index in [0.717, 1.165) is 69.0 Å². The third-order valence-electron chi connectivity index (χ3n) is 6.55. The van der Waals surface area contributed by atoms with Crippen LogP contribution < -0.4 is 10.1 Å². The van der Waals surface area contributed by atoms with Gasteiger partial charge in [-0.15, -0.1) is 10.2 Å². The van der Waals surface area contributed by atoms with E-state index in [0.29, 0.717) is 11.7 Å². The largest absolute Gasteiger partial charge is 0.435 e. The van der Waals surface area contributed by atoms with E-state index in [2.05, 4.69) is 32.1 Å². The van der Waals surface area contributed by atoms with E-state index in [-0.39, 0.29) is 23.5 Å². The smallest absolute Gasteiger partial charge is 0.387 e. The van der Waals surface area contributed by atoms with Gasteiger partial charge in [-0.1, -0.05) is 25.1 Å². The molecule has 34 heavy (non-hydrogen) atoms. The van der Waals surface area contributed by atoms with Crippen LogP contribution in [0.25, 0.3) is 5.69 Å². The number of halogens is 2. The van der Waals surface area contributed by atoms with Crippen molar-refractivity contribution < 1.29 is 18.3 Å². The molecule has 1 aromatic carbocycles. The Morgan fingerprint density at radius 3 is 2.50 bits per heavy atom. The van der Waals surface area contributed by atoms with Crippen molar-refractivity contribution in [3.63, 3.8) is 0 Å². The highest BCUT2D eigenvalue weighted by atomic mass is 32.2. The van der Waals surface area contributed by atoms with Gasteiger partial charge in [0.15, 0.2) is 11.0 Å². The van der Waals surface area contributed by atoms with Crippen molar-refractivity contribution >= 4 is 17.7 Å². The Labute approximate surface area is 203 Å². The third-order valence-corrected chi connectivity index (χ3v) is 7.48. The maximum Gasteiger partial charge on any atom is 0.387 e. The summed E-state index contributed by atoms with van der Waals surface area (Å²) < 4.78 is 31.5. The molecule has 2 fully saturated rings. The van der Waals surface area contributed by atoms with Crippen LogP contribution in [-0.2, 0) is 11.3 Å². The van der Waals surface area contributed by atoms with Crippen molar-refractivity contribution in [2.75, 3.05) is 18.8 Å². The normalized spacial score (nSPS) is 21.5. The molecule has 1 aliphatic carbocycles. The molecule has 2 aliphatic rings. The zero-order valence-electron chi connectivity index (χ0n) is 19.6. The Morgan fingerprint density at radius 1 is 1.12 bits per heavy atom. The first-order valence-corrected chi connectivity index (χ1v) is 13.1. The van der Waals surface area contributed by atoms with Gasteiger partial charge in [0, 0.05) is 11.7 Å². The molecular weight excluding hydrogens is 460 g/mol. The maximum absolute atomic E-state index is 12.6. The average Bonchev–Trinajstić information content (AvgIpc) is 3.22. The monoisotopic (exact) mass is 493 g/mol. The molecule has 2 aromatic rings. The fraction of sp³-hybridized carbons (Fsp3) is 0.625. The molecule has 4 rings (SSSR count). The van der Waals surface area contributed by atoms with Gasteiger partial charge in [-0.2, -0.15) is 8.78 Å². The van der Waals surface area contributed by atoms with Crippen molar-refractivity contribution in [2.45, 2.75) is 76.2 Å². The quantitative estimate of drug-likeness (QED) is 0.513. The summed E-state index contributed by atoms with van der Waals surface area (Å²) in [5, 5.41) is 12.6. The van der Waals surface area contributed by atoms with Crippen LogP contribution in [0.5, 0.6) is 5.75 Å². The number of ether oxygens (including phenoxy) is 1. The minimum Gasteiger partial charge on any atom is -0.435 e. The van der Waals surface area contributed by atoms with Crippen LogP contribution in [0, 0.1) is 5.92 Å². The van der Waals surface area contributed by atoms with Crippen LogP contribution >= 0.6 is 11.8 Å². The number of aromatic nitrogens is 3. The number of nitrogens with zero attached hydrogens (tertiary/aromatic N) is 4. The summed E-state index contributed by atoms with van der Waals surface area (Å²) in [7, 11) is 0. The van der Waals surface area contributed by atoms with Gasteiger partial charge in [-0.3, -0.25) is 14.3 Å². The van der Waals surface area contributed by atoms with E-state index in [9.17, 15) is 13.6 Å². The summed E-state index contributed by atoms with van der Waals surface area (Å²) in [6.45, 7) is 2.06. The van der Waals surface area contributed by atoms with Crippen LogP contribution in [0.1, 0.15) is 57.7 Å². The minimum absolute atomic E-state index is 0.00244. The van der Waals surface area contributed by atoms with E-state index >= 15 is 0 Å². The molecule has 186 valence electrons. The fourth-order valence-electron chi connectivity index (χ4n) is 4.65. The number of piperidine rings is 1. The van der Waals surface area contributed by atoms with Gasteiger partial charge in [0.1, 0.15) is 5.75 Å². The van der Waals surface area contributed by atoms with Gasteiger partial charge >= 0.3 is 6.61 Å². The van der Waals surface area contributed by atoms with Gasteiger partial charge in [0.2, 0.25) is 5.91 Å². The van der Waals surface area contributed by atoms with Crippen LogP contribution in [-0.4, -0.2) is 57.1 Å². The second kappa shape index (κ2) is 12.0. The third kappa shape index (κ3) is 6.91.